The average molecular weight is 248 g/mol. The minimum Gasteiger partial charge on any atom is -0.327 e. The molecule has 1 aliphatic carbocycles. The van der Waals surface area contributed by atoms with Gasteiger partial charge in [-0.2, -0.15) is 0 Å². The van der Waals surface area contributed by atoms with Gasteiger partial charge in [0.2, 0.25) is 5.91 Å². The summed E-state index contributed by atoms with van der Waals surface area (Å²) in [4.78, 5) is 11.6. The van der Waals surface area contributed by atoms with Gasteiger partial charge in [0.25, 0.3) is 0 Å². The monoisotopic (exact) mass is 248 g/mol. The number of rotatable bonds is 2. The molecule has 96 valence electrons. The molecule has 0 aromatic heterocycles. The quantitative estimate of drug-likeness (QED) is 0.843. The van der Waals surface area contributed by atoms with E-state index in [2.05, 4.69) is 5.32 Å². The number of nitrogens with two attached hydrogens (primary N) is 1. The highest BCUT2D eigenvalue weighted by atomic mass is 19.1. The first-order chi connectivity index (χ1) is 8.45. The van der Waals surface area contributed by atoms with Gasteiger partial charge in [0.1, 0.15) is 5.82 Å². The lowest BCUT2D eigenvalue weighted by Gasteiger charge is -2.21. The molecule has 1 fully saturated rings. The Morgan fingerprint density at radius 1 is 1.50 bits per heavy atom. The van der Waals surface area contributed by atoms with Crippen LogP contribution < -0.4 is 11.1 Å². The second-order valence-corrected chi connectivity index (χ2v) is 5.58. The summed E-state index contributed by atoms with van der Waals surface area (Å²) < 4.78 is 14.1. The normalized spacial score (nSPS) is 25.6. The van der Waals surface area contributed by atoms with Gasteiger partial charge in [-0.1, -0.05) is 6.07 Å². The standard InChI is InChI=1S/C14H17FN2O/c1-7-10-5-9(14(3-4-14)8(2)16)6-11(15)12(10)17-13(7)18/h5-8H,3-4,16H2,1-2H3,(H,17,18). The van der Waals surface area contributed by atoms with Crippen LogP contribution in [0.3, 0.4) is 0 Å². The maximum atomic E-state index is 14.1. The molecule has 3 rings (SSSR count). The van der Waals surface area contributed by atoms with E-state index >= 15 is 0 Å². The smallest absolute Gasteiger partial charge is 0.231 e. The molecular formula is C14H17FN2O. The van der Waals surface area contributed by atoms with E-state index in [1.807, 2.05) is 13.0 Å². The van der Waals surface area contributed by atoms with Gasteiger partial charge in [0, 0.05) is 11.5 Å². The summed E-state index contributed by atoms with van der Waals surface area (Å²) in [5.74, 6) is -0.753. The Morgan fingerprint density at radius 3 is 2.72 bits per heavy atom. The Labute approximate surface area is 106 Å². The first kappa shape index (κ1) is 11.7. The number of fused-ring (bicyclic) bond motifs is 1. The number of hydrogen-bond donors (Lipinski definition) is 2. The van der Waals surface area contributed by atoms with Crippen molar-refractivity contribution in [1.29, 1.82) is 0 Å². The van der Waals surface area contributed by atoms with Crippen LogP contribution in [0.5, 0.6) is 0 Å². The Bertz CT molecular complexity index is 535. The number of nitrogens with one attached hydrogen (secondary N) is 1. The van der Waals surface area contributed by atoms with Gasteiger partial charge in [-0.15, -0.1) is 0 Å². The number of anilines is 1. The van der Waals surface area contributed by atoms with Gasteiger partial charge in [-0.05, 0) is 43.9 Å². The lowest BCUT2D eigenvalue weighted by Crippen LogP contribution is -2.31. The van der Waals surface area contributed by atoms with Gasteiger partial charge in [-0.3, -0.25) is 4.79 Å². The Morgan fingerprint density at radius 2 is 2.17 bits per heavy atom. The number of amides is 1. The third kappa shape index (κ3) is 1.42. The van der Waals surface area contributed by atoms with Gasteiger partial charge in [-0.25, -0.2) is 4.39 Å². The molecule has 1 heterocycles. The van der Waals surface area contributed by atoms with E-state index in [9.17, 15) is 9.18 Å². The van der Waals surface area contributed by atoms with Crippen molar-refractivity contribution >= 4 is 11.6 Å². The first-order valence-corrected chi connectivity index (χ1v) is 6.36. The Balaban J connectivity index is 2.11. The molecule has 2 unspecified atom stereocenters. The largest absolute Gasteiger partial charge is 0.327 e. The number of benzene rings is 1. The predicted octanol–water partition coefficient (Wildman–Crippen LogP) is 2.26. The van der Waals surface area contributed by atoms with E-state index in [0.29, 0.717) is 5.69 Å². The minimum absolute atomic E-state index is 0.00956. The zero-order valence-corrected chi connectivity index (χ0v) is 10.6. The fourth-order valence-electron chi connectivity index (χ4n) is 2.90. The molecule has 3 N–H and O–H groups in total. The minimum atomic E-state index is -0.341. The summed E-state index contributed by atoms with van der Waals surface area (Å²) in [6, 6.07) is 3.50. The van der Waals surface area contributed by atoms with Crippen LogP contribution in [-0.4, -0.2) is 11.9 Å². The van der Waals surface area contributed by atoms with Crippen LogP contribution in [0.25, 0.3) is 0 Å². The van der Waals surface area contributed by atoms with Crippen LogP contribution >= 0.6 is 0 Å². The molecule has 2 atom stereocenters. The molecule has 3 nitrogen and oxygen atoms in total. The topological polar surface area (TPSA) is 55.1 Å². The van der Waals surface area contributed by atoms with Crippen molar-refractivity contribution in [2.24, 2.45) is 5.73 Å². The molecule has 0 saturated heterocycles. The van der Waals surface area contributed by atoms with Crippen LogP contribution in [-0.2, 0) is 10.2 Å². The van der Waals surface area contributed by atoms with E-state index in [1.165, 1.54) is 6.07 Å². The highest BCUT2D eigenvalue weighted by Gasteiger charge is 2.48. The summed E-state index contributed by atoms with van der Waals surface area (Å²) >= 11 is 0. The molecule has 4 heteroatoms. The van der Waals surface area contributed by atoms with Gasteiger partial charge in [0.15, 0.2) is 0 Å². The molecule has 2 aliphatic rings. The van der Waals surface area contributed by atoms with Crippen molar-refractivity contribution in [1.82, 2.24) is 0 Å². The van der Waals surface area contributed by atoms with E-state index in [-0.39, 0.29) is 29.1 Å². The van der Waals surface area contributed by atoms with E-state index in [4.69, 9.17) is 5.73 Å². The molecule has 1 saturated carbocycles. The molecule has 18 heavy (non-hydrogen) atoms. The van der Waals surface area contributed by atoms with Gasteiger partial charge in [0.05, 0.1) is 11.6 Å². The average Bonchev–Trinajstić information content (AvgIpc) is 3.06. The first-order valence-electron chi connectivity index (χ1n) is 6.36. The zero-order chi connectivity index (χ0) is 13.1. The third-order valence-corrected chi connectivity index (χ3v) is 4.46. The molecule has 0 bridgehead atoms. The van der Waals surface area contributed by atoms with Crippen molar-refractivity contribution in [3.63, 3.8) is 0 Å². The molecule has 1 amide bonds. The summed E-state index contributed by atoms with van der Waals surface area (Å²) in [6.07, 6.45) is 2.00. The second-order valence-electron chi connectivity index (χ2n) is 5.58. The van der Waals surface area contributed by atoms with Crippen LogP contribution in [0.15, 0.2) is 12.1 Å². The fourth-order valence-corrected chi connectivity index (χ4v) is 2.90. The summed E-state index contributed by atoms with van der Waals surface area (Å²) in [6.45, 7) is 3.76. The van der Waals surface area contributed by atoms with Crippen LogP contribution in [0.4, 0.5) is 10.1 Å². The van der Waals surface area contributed by atoms with Gasteiger partial charge >= 0.3 is 0 Å². The van der Waals surface area contributed by atoms with E-state index in [0.717, 1.165) is 24.0 Å². The number of carbonyl (C=O) groups excluding carboxylic acids is 1. The van der Waals surface area contributed by atoms with Crippen LogP contribution in [0.2, 0.25) is 0 Å². The molecule has 1 aromatic carbocycles. The highest BCUT2D eigenvalue weighted by molar-refractivity contribution is 6.02. The third-order valence-electron chi connectivity index (χ3n) is 4.46. The number of carbonyl (C=O) groups is 1. The summed E-state index contributed by atoms with van der Waals surface area (Å²) in [7, 11) is 0. The van der Waals surface area contributed by atoms with Crippen molar-refractivity contribution < 1.29 is 9.18 Å². The highest BCUT2D eigenvalue weighted by Crippen LogP contribution is 2.52. The lowest BCUT2D eigenvalue weighted by atomic mass is 9.87. The SMILES string of the molecule is CC1C(=O)Nc2c(F)cc(C3(C(C)N)CC3)cc21. The molecule has 0 spiro atoms. The van der Waals surface area contributed by atoms with Crippen molar-refractivity contribution in [3.8, 4) is 0 Å². The Hall–Kier alpha value is -1.42. The maximum Gasteiger partial charge on any atom is 0.231 e. The molecular weight excluding hydrogens is 231 g/mol. The zero-order valence-electron chi connectivity index (χ0n) is 10.6. The number of halogens is 1. The Kier molecular flexibility index (Phi) is 2.29. The summed E-state index contributed by atoms with van der Waals surface area (Å²) in [5, 5.41) is 2.60. The lowest BCUT2D eigenvalue weighted by molar-refractivity contribution is -0.116. The van der Waals surface area contributed by atoms with E-state index in [1.54, 1.807) is 6.92 Å². The van der Waals surface area contributed by atoms with Crippen molar-refractivity contribution in [2.45, 2.75) is 44.1 Å². The molecule has 1 aliphatic heterocycles. The van der Waals surface area contributed by atoms with Crippen molar-refractivity contribution in [2.75, 3.05) is 5.32 Å². The summed E-state index contributed by atoms with van der Waals surface area (Å²) in [5.41, 5.74) is 7.99. The predicted molar refractivity (Wildman–Crippen MR) is 68.0 cm³/mol. The molecule has 1 aromatic rings. The maximum absolute atomic E-state index is 14.1. The van der Waals surface area contributed by atoms with Crippen LogP contribution in [0, 0.1) is 5.82 Å². The number of hydrogen-bond acceptors (Lipinski definition) is 2. The molecule has 0 radical (unpaired) electrons. The van der Waals surface area contributed by atoms with Crippen LogP contribution in [0.1, 0.15) is 43.7 Å². The van der Waals surface area contributed by atoms with Crippen molar-refractivity contribution in [3.05, 3.63) is 29.1 Å². The second kappa shape index (κ2) is 3.54. The fraction of sp³-hybridized carbons (Fsp3) is 0.500. The van der Waals surface area contributed by atoms with Gasteiger partial charge < -0.3 is 11.1 Å². The van der Waals surface area contributed by atoms with E-state index < -0.39 is 0 Å².